The van der Waals surface area contributed by atoms with Gasteiger partial charge in [-0.25, -0.2) is 19.7 Å². The van der Waals surface area contributed by atoms with Crippen LogP contribution in [-0.4, -0.2) is 25.5 Å². The van der Waals surface area contributed by atoms with Crippen LogP contribution in [-0.2, 0) is 11.3 Å². The van der Waals surface area contributed by atoms with Gasteiger partial charge in [0.1, 0.15) is 23.8 Å². The number of carbonyl (C=O) groups is 1. The first-order valence-corrected chi connectivity index (χ1v) is 8.23. The van der Waals surface area contributed by atoms with Gasteiger partial charge in [-0.15, -0.1) is 11.3 Å². The second-order valence-electron chi connectivity index (χ2n) is 5.39. The third-order valence-electron chi connectivity index (χ3n) is 3.64. The van der Waals surface area contributed by atoms with Crippen LogP contribution in [0.5, 0.6) is 0 Å². The number of ether oxygens (including phenoxy) is 1. The molecule has 23 heavy (non-hydrogen) atoms. The van der Waals surface area contributed by atoms with Crippen LogP contribution in [0.3, 0.4) is 0 Å². The molecule has 0 atom stereocenters. The van der Waals surface area contributed by atoms with Crippen molar-refractivity contribution in [3.8, 4) is 5.82 Å². The van der Waals surface area contributed by atoms with Crippen molar-refractivity contribution >= 4 is 17.3 Å². The Morgan fingerprint density at radius 3 is 3.09 bits per heavy atom. The summed E-state index contributed by atoms with van der Waals surface area (Å²) in [6, 6.07) is 3.32. The third-order valence-corrected chi connectivity index (χ3v) is 4.48. The number of esters is 1. The molecule has 0 aliphatic heterocycles. The van der Waals surface area contributed by atoms with Crippen molar-refractivity contribution in [1.82, 2.24) is 19.5 Å². The topological polar surface area (TPSA) is 69.9 Å². The zero-order valence-electron chi connectivity index (χ0n) is 12.3. The fourth-order valence-corrected chi connectivity index (χ4v) is 3.04. The summed E-state index contributed by atoms with van der Waals surface area (Å²) >= 11 is 1.54. The number of pyridine rings is 1. The largest absolute Gasteiger partial charge is 0.455 e. The summed E-state index contributed by atoms with van der Waals surface area (Å²) in [4.78, 5) is 24.9. The summed E-state index contributed by atoms with van der Waals surface area (Å²) in [7, 11) is 0. The molecule has 1 aliphatic carbocycles. The molecule has 7 heteroatoms. The molecule has 4 rings (SSSR count). The third kappa shape index (κ3) is 3.14. The molecular formula is C16H14N4O2S. The van der Waals surface area contributed by atoms with Crippen molar-refractivity contribution in [2.75, 3.05) is 0 Å². The smallest absolute Gasteiger partial charge is 0.338 e. The Kier molecular flexibility index (Phi) is 3.63. The first-order chi connectivity index (χ1) is 11.3. The Morgan fingerprint density at radius 1 is 1.39 bits per heavy atom. The van der Waals surface area contributed by atoms with Crippen molar-refractivity contribution in [1.29, 1.82) is 0 Å². The zero-order valence-corrected chi connectivity index (χ0v) is 13.1. The average Bonchev–Trinajstić information content (AvgIpc) is 3.11. The lowest BCUT2D eigenvalue weighted by atomic mass is 10.2. The molecule has 0 amide bonds. The van der Waals surface area contributed by atoms with Gasteiger partial charge in [0, 0.05) is 29.9 Å². The van der Waals surface area contributed by atoms with Crippen molar-refractivity contribution in [3.63, 3.8) is 0 Å². The quantitative estimate of drug-likeness (QED) is 0.674. The maximum absolute atomic E-state index is 12.2. The maximum atomic E-state index is 12.2. The Labute approximate surface area is 136 Å². The highest BCUT2D eigenvalue weighted by Gasteiger charge is 2.26. The van der Waals surface area contributed by atoms with E-state index in [2.05, 4.69) is 20.3 Å². The normalized spacial score (nSPS) is 13.9. The fraction of sp³-hybridized carbons (Fsp3) is 0.250. The van der Waals surface area contributed by atoms with Crippen molar-refractivity contribution < 1.29 is 9.53 Å². The van der Waals surface area contributed by atoms with Crippen LogP contribution in [0.1, 0.15) is 39.8 Å². The van der Waals surface area contributed by atoms with E-state index in [4.69, 9.17) is 4.74 Å². The lowest BCUT2D eigenvalue weighted by Gasteiger charge is -2.05. The summed E-state index contributed by atoms with van der Waals surface area (Å²) in [5.41, 5.74) is 1.59. The van der Waals surface area contributed by atoms with Crippen LogP contribution in [0.4, 0.5) is 0 Å². The molecule has 116 valence electrons. The van der Waals surface area contributed by atoms with E-state index in [0.29, 0.717) is 17.3 Å². The van der Waals surface area contributed by atoms with E-state index in [1.807, 2.05) is 0 Å². The Hall–Kier alpha value is -2.54. The molecule has 0 bridgehead atoms. The Bertz CT molecular complexity index is 824. The highest BCUT2D eigenvalue weighted by molar-refractivity contribution is 7.09. The van der Waals surface area contributed by atoms with Crippen LogP contribution in [0.25, 0.3) is 5.82 Å². The minimum absolute atomic E-state index is 0.207. The number of imidazole rings is 1. The fourth-order valence-electron chi connectivity index (χ4n) is 2.25. The second kappa shape index (κ2) is 5.92. The minimum Gasteiger partial charge on any atom is -0.455 e. The highest BCUT2D eigenvalue weighted by atomic mass is 32.1. The lowest BCUT2D eigenvalue weighted by molar-refractivity contribution is 0.0472. The molecule has 6 nitrogen and oxygen atoms in total. The number of hydrogen-bond donors (Lipinski definition) is 0. The Morgan fingerprint density at radius 2 is 2.30 bits per heavy atom. The molecule has 0 unspecified atom stereocenters. The van der Waals surface area contributed by atoms with Gasteiger partial charge in [-0.05, 0) is 25.0 Å². The predicted molar refractivity (Wildman–Crippen MR) is 84.6 cm³/mol. The molecule has 3 aromatic heterocycles. The number of nitrogens with zero attached hydrogens (tertiary/aromatic N) is 4. The Balaban J connectivity index is 1.43. The van der Waals surface area contributed by atoms with Gasteiger partial charge < -0.3 is 4.74 Å². The first kappa shape index (κ1) is 14.1. The van der Waals surface area contributed by atoms with Crippen LogP contribution < -0.4 is 0 Å². The van der Waals surface area contributed by atoms with Gasteiger partial charge in [0.25, 0.3) is 0 Å². The molecule has 3 aromatic rings. The highest BCUT2D eigenvalue weighted by Crippen LogP contribution is 2.40. The molecule has 1 aliphatic rings. The lowest BCUT2D eigenvalue weighted by Crippen LogP contribution is -2.07. The van der Waals surface area contributed by atoms with Gasteiger partial charge in [-0.3, -0.25) is 4.57 Å². The van der Waals surface area contributed by atoms with Gasteiger partial charge in [0.05, 0.1) is 11.3 Å². The molecule has 0 aromatic carbocycles. The average molecular weight is 326 g/mol. The minimum atomic E-state index is -0.378. The van der Waals surface area contributed by atoms with Gasteiger partial charge >= 0.3 is 5.97 Å². The van der Waals surface area contributed by atoms with Crippen LogP contribution in [0, 0.1) is 0 Å². The summed E-state index contributed by atoms with van der Waals surface area (Å²) in [6.45, 7) is 0.207. The summed E-state index contributed by atoms with van der Waals surface area (Å²) < 4.78 is 7.09. The van der Waals surface area contributed by atoms with Gasteiger partial charge in [0.15, 0.2) is 0 Å². The molecule has 0 radical (unpaired) electrons. The van der Waals surface area contributed by atoms with E-state index in [9.17, 15) is 4.79 Å². The monoisotopic (exact) mass is 326 g/mol. The van der Waals surface area contributed by atoms with Crippen molar-refractivity contribution in [3.05, 3.63) is 58.7 Å². The number of thiazole rings is 1. The van der Waals surface area contributed by atoms with Gasteiger partial charge in [0.2, 0.25) is 0 Å². The molecule has 1 saturated carbocycles. The predicted octanol–water partition coefficient (Wildman–Crippen LogP) is 2.96. The molecule has 0 spiro atoms. The molecule has 3 heterocycles. The van der Waals surface area contributed by atoms with Crippen LogP contribution >= 0.6 is 11.3 Å². The van der Waals surface area contributed by atoms with E-state index in [-0.39, 0.29) is 12.6 Å². The number of rotatable bonds is 5. The maximum Gasteiger partial charge on any atom is 0.338 e. The second-order valence-corrected chi connectivity index (χ2v) is 6.33. The van der Waals surface area contributed by atoms with Crippen molar-refractivity contribution in [2.24, 2.45) is 0 Å². The van der Waals surface area contributed by atoms with E-state index in [0.717, 1.165) is 10.7 Å². The summed E-state index contributed by atoms with van der Waals surface area (Å²) in [6.07, 6.45) is 9.08. The number of hydrogen-bond acceptors (Lipinski definition) is 6. The van der Waals surface area contributed by atoms with Crippen molar-refractivity contribution in [2.45, 2.75) is 25.4 Å². The summed E-state index contributed by atoms with van der Waals surface area (Å²) in [5.74, 6) is 0.868. The number of aromatic nitrogens is 4. The molecule has 0 N–H and O–H groups in total. The van der Waals surface area contributed by atoms with E-state index >= 15 is 0 Å². The molecule has 0 saturated heterocycles. The van der Waals surface area contributed by atoms with Crippen LogP contribution in [0.15, 0.2) is 42.4 Å². The zero-order chi connectivity index (χ0) is 15.6. The molecule has 1 fully saturated rings. The van der Waals surface area contributed by atoms with E-state index in [1.54, 1.807) is 53.0 Å². The summed E-state index contributed by atoms with van der Waals surface area (Å²) in [5, 5.41) is 2.90. The SMILES string of the molecule is O=C(OCc1nc(C2CC2)cs1)c1ccnc(-n2ccnc2)c1. The van der Waals surface area contributed by atoms with Gasteiger partial charge in [-0.1, -0.05) is 0 Å². The first-order valence-electron chi connectivity index (χ1n) is 7.35. The molecular weight excluding hydrogens is 312 g/mol. The van der Waals surface area contributed by atoms with Crippen LogP contribution in [0.2, 0.25) is 0 Å². The van der Waals surface area contributed by atoms with E-state index < -0.39 is 0 Å². The number of carbonyl (C=O) groups excluding carboxylic acids is 1. The van der Waals surface area contributed by atoms with E-state index in [1.165, 1.54) is 12.8 Å². The van der Waals surface area contributed by atoms with Gasteiger partial charge in [-0.2, -0.15) is 0 Å². The standard InChI is InChI=1S/C16H14N4O2S/c21-16(22-8-15-19-13(9-23-15)11-1-2-11)12-3-4-18-14(7-12)20-6-5-17-10-20/h3-7,9-11H,1-2,8H2.